The van der Waals surface area contributed by atoms with Gasteiger partial charge in [0.2, 0.25) is 0 Å². The highest BCUT2D eigenvalue weighted by molar-refractivity contribution is 7.92. The van der Waals surface area contributed by atoms with Crippen LogP contribution in [-0.2, 0) is 14.6 Å². The molecule has 8 nitrogen and oxygen atoms in total. The summed E-state index contributed by atoms with van der Waals surface area (Å²) in [6, 6.07) is 0.0675. The maximum Gasteiger partial charge on any atom is 0.410 e. The highest BCUT2D eigenvalue weighted by Gasteiger charge is 2.34. The van der Waals surface area contributed by atoms with Gasteiger partial charge in [0.05, 0.1) is 16.5 Å². The van der Waals surface area contributed by atoms with Crippen molar-refractivity contribution in [2.24, 2.45) is 4.99 Å². The summed E-state index contributed by atoms with van der Waals surface area (Å²) in [5, 5.41) is 6.17. The van der Waals surface area contributed by atoms with Crippen molar-refractivity contribution in [1.82, 2.24) is 15.5 Å². The number of amides is 1. The van der Waals surface area contributed by atoms with Crippen LogP contribution in [0.5, 0.6) is 0 Å². The van der Waals surface area contributed by atoms with Crippen molar-refractivity contribution in [3.63, 3.8) is 0 Å². The quantitative estimate of drug-likeness (QED) is 0.560. The van der Waals surface area contributed by atoms with Crippen LogP contribution < -0.4 is 10.6 Å². The number of aliphatic imine (C=N–C) groups is 1. The lowest BCUT2D eigenvalue weighted by Gasteiger charge is -2.40. The van der Waals surface area contributed by atoms with E-state index >= 15 is 0 Å². The summed E-state index contributed by atoms with van der Waals surface area (Å²) < 4.78 is 28.7. The van der Waals surface area contributed by atoms with Crippen LogP contribution in [0.25, 0.3) is 0 Å². The second-order valence-electron chi connectivity index (χ2n) is 8.16. The second kappa shape index (κ2) is 7.80. The monoisotopic (exact) mass is 376 g/mol. The SMILES string of the molecule is CN=C(NCCS(=O)(=O)C(C)(C)C)NC1CN(C(=O)OC(C)(C)C)C1. The van der Waals surface area contributed by atoms with E-state index in [1.165, 1.54) is 0 Å². The Balaban J connectivity index is 2.37. The third-order valence-corrected chi connectivity index (χ3v) is 6.30. The molecule has 1 rings (SSSR count). The normalized spacial score (nSPS) is 17.1. The Hall–Kier alpha value is -1.51. The van der Waals surface area contributed by atoms with Gasteiger partial charge in [-0.1, -0.05) is 0 Å². The van der Waals surface area contributed by atoms with E-state index in [-0.39, 0.29) is 24.4 Å². The van der Waals surface area contributed by atoms with Gasteiger partial charge in [-0.25, -0.2) is 13.2 Å². The van der Waals surface area contributed by atoms with E-state index < -0.39 is 20.2 Å². The molecule has 1 aliphatic heterocycles. The number of nitrogens with zero attached hydrogens (tertiary/aromatic N) is 2. The van der Waals surface area contributed by atoms with Crippen LogP contribution in [0.1, 0.15) is 41.5 Å². The highest BCUT2D eigenvalue weighted by atomic mass is 32.2. The topological polar surface area (TPSA) is 100 Å². The molecule has 0 aromatic heterocycles. The summed E-state index contributed by atoms with van der Waals surface area (Å²) in [4.78, 5) is 17.6. The van der Waals surface area contributed by atoms with Crippen LogP contribution in [0.4, 0.5) is 4.79 Å². The molecule has 9 heteroatoms. The number of rotatable bonds is 4. The summed E-state index contributed by atoms with van der Waals surface area (Å²) in [5.74, 6) is 0.560. The van der Waals surface area contributed by atoms with Crippen molar-refractivity contribution < 1.29 is 17.9 Å². The largest absolute Gasteiger partial charge is 0.444 e. The summed E-state index contributed by atoms with van der Waals surface area (Å²) >= 11 is 0. The summed E-state index contributed by atoms with van der Waals surface area (Å²) in [5.41, 5.74) is -0.508. The highest BCUT2D eigenvalue weighted by Crippen LogP contribution is 2.16. The van der Waals surface area contributed by atoms with E-state index in [0.717, 1.165) is 0 Å². The van der Waals surface area contributed by atoms with Gasteiger partial charge in [-0.2, -0.15) is 0 Å². The molecule has 2 N–H and O–H groups in total. The molecule has 0 bridgehead atoms. The first-order valence-electron chi connectivity index (χ1n) is 8.42. The summed E-state index contributed by atoms with van der Waals surface area (Å²) in [6.07, 6.45) is -0.329. The molecule has 0 radical (unpaired) electrons. The number of hydrogen-bond acceptors (Lipinski definition) is 5. The van der Waals surface area contributed by atoms with Gasteiger partial charge < -0.3 is 20.3 Å². The second-order valence-corrected chi connectivity index (χ2v) is 11.0. The maximum absolute atomic E-state index is 12.1. The van der Waals surface area contributed by atoms with Gasteiger partial charge in [0.25, 0.3) is 0 Å². The van der Waals surface area contributed by atoms with E-state index in [4.69, 9.17) is 4.74 Å². The number of guanidine groups is 1. The van der Waals surface area contributed by atoms with Crippen molar-refractivity contribution >= 4 is 21.9 Å². The Morgan fingerprint density at radius 1 is 1.20 bits per heavy atom. The first-order chi connectivity index (χ1) is 11.2. The zero-order chi connectivity index (χ0) is 19.5. The number of carbonyl (C=O) groups excluding carboxylic acids is 1. The van der Waals surface area contributed by atoms with Gasteiger partial charge >= 0.3 is 6.09 Å². The summed E-state index contributed by atoms with van der Waals surface area (Å²) in [7, 11) is -1.55. The van der Waals surface area contributed by atoms with Crippen LogP contribution in [0.2, 0.25) is 0 Å². The molecule has 25 heavy (non-hydrogen) atoms. The average Bonchev–Trinajstić information content (AvgIpc) is 2.36. The third kappa shape index (κ3) is 6.72. The fourth-order valence-electron chi connectivity index (χ4n) is 2.04. The minimum Gasteiger partial charge on any atom is -0.444 e. The first kappa shape index (κ1) is 21.5. The molecule has 0 saturated carbocycles. The van der Waals surface area contributed by atoms with Crippen molar-refractivity contribution in [2.45, 2.75) is 57.9 Å². The zero-order valence-electron chi connectivity index (χ0n) is 16.3. The molecule has 0 aromatic carbocycles. The number of hydrogen-bond donors (Lipinski definition) is 2. The molecule has 0 unspecified atom stereocenters. The standard InChI is InChI=1S/C16H32N4O4S/c1-15(2,3)24-14(21)20-10-12(11-20)19-13(17-7)18-8-9-25(22,23)16(4,5)6/h12H,8-11H2,1-7H3,(H2,17,18,19). The van der Waals surface area contributed by atoms with Gasteiger partial charge in [-0.05, 0) is 41.5 Å². The number of carbonyl (C=O) groups is 1. The average molecular weight is 377 g/mol. The smallest absolute Gasteiger partial charge is 0.410 e. The van der Waals surface area contributed by atoms with E-state index in [0.29, 0.717) is 19.0 Å². The molecule has 0 aromatic rings. The molecular formula is C16H32N4O4S. The van der Waals surface area contributed by atoms with Crippen LogP contribution in [0.3, 0.4) is 0 Å². The molecular weight excluding hydrogens is 344 g/mol. The third-order valence-electron chi connectivity index (χ3n) is 3.69. The van der Waals surface area contributed by atoms with Gasteiger partial charge in [-0.15, -0.1) is 0 Å². The molecule has 146 valence electrons. The van der Waals surface area contributed by atoms with Gasteiger partial charge in [-0.3, -0.25) is 4.99 Å². The van der Waals surface area contributed by atoms with E-state index in [9.17, 15) is 13.2 Å². The Morgan fingerprint density at radius 2 is 1.76 bits per heavy atom. The molecule has 1 aliphatic rings. The van der Waals surface area contributed by atoms with E-state index in [1.807, 2.05) is 20.8 Å². The predicted molar refractivity (Wildman–Crippen MR) is 99.6 cm³/mol. The number of likely N-dealkylation sites (tertiary alicyclic amines) is 1. The molecule has 1 saturated heterocycles. The Kier molecular flexibility index (Phi) is 6.72. The lowest BCUT2D eigenvalue weighted by Crippen LogP contribution is -2.63. The fourth-order valence-corrected chi connectivity index (χ4v) is 3.03. The predicted octanol–water partition coefficient (Wildman–Crippen LogP) is 0.984. The van der Waals surface area contributed by atoms with Crippen LogP contribution in [-0.4, -0.2) is 74.2 Å². The van der Waals surface area contributed by atoms with Crippen molar-refractivity contribution in [2.75, 3.05) is 32.4 Å². The minimum atomic E-state index is -3.17. The Labute approximate surface area is 151 Å². The number of sulfone groups is 1. The lowest BCUT2D eigenvalue weighted by atomic mass is 10.1. The Morgan fingerprint density at radius 3 is 2.20 bits per heavy atom. The molecule has 0 aliphatic carbocycles. The molecule has 0 spiro atoms. The maximum atomic E-state index is 12.1. The first-order valence-corrected chi connectivity index (χ1v) is 10.1. The molecule has 1 heterocycles. The van der Waals surface area contributed by atoms with Gasteiger partial charge in [0.15, 0.2) is 15.8 Å². The van der Waals surface area contributed by atoms with Crippen molar-refractivity contribution in [3.05, 3.63) is 0 Å². The van der Waals surface area contributed by atoms with Crippen LogP contribution >= 0.6 is 0 Å². The molecule has 1 fully saturated rings. The van der Waals surface area contributed by atoms with Crippen LogP contribution in [0, 0.1) is 0 Å². The lowest BCUT2D eigenvalue weighted by molar-refractivity contribution is 0.00701. The Bertz CT molecular complexity index is 597. The number of nitrogens with one attached hydrogen (secondary N) is 2. The van der Waals surface area contributed by atoms with Gasteiger partial charge in [0.1, 0.15) is 5.60 Å². The zero-order valence-corrected chi connectivity index (χ0v) is 17.2. The molecule has 1 amide bonds. The molecule has 0 atom stereocenters. The minimum absolute atomic E-state index is 0.0336. The van der Waals surface area contributed by atoms with E-state index in [2.05, 4.69) is 15.6 Å². The fraction of sp³-hybridized carbons (Fsp3) is 0.875. The van der Waals surface area contributed by atoms with E-state index in [1.54, 1.807) is 32.7 Å². The van der Waals surface area contributed by atoms with Crippen molar-refractivity contribution in [1.29, 1.82) is 0 Å². The summed E-state index contributed by atoms with van der Waals surface area (Å²) in [6.45, 7) is 11.9. The van der Waals surface area contributed by atoms with Crippen LogP contribution in [0.15, 0.2) is 4.99 Å². The van der Waals surface area contributed by atoms with Gasteiger partial charge in [0, 0.05) is 26.7 Å². The van der Waals surface area contributed by atoms with Crippen molar-refractivity contribution in [3.8, 4) is 0 Å². The number of ether oxygens (including phenoxy) is 1.